The minimum absolute atomic E-state index is 0.0143. The van der Waals surface area contributed by atoms with Crippen LogP contribution in [0.1, 0.15) is 12.8 Å². The second-order valence-electron chi connectivity index (χ2n) is 2.34. The van der Waals surface area contributed by atoms with Crippen molar-refractivity contribution in [3.8, 4) is 0 Å². The molecule has 0 spiro atoms. The Kier molecular flexibility index (Phi) is 6.99. The van der Waals surface area contributed by atoms with Crippen LogP contribution in [0.25, 0.3) is 0 Å². The first-order valence-electron chi connectivity index (χ1n) is 3.72. The third-order valence-electron chi connectivity index (χ3n) is 1.26. The van der Waals surface area contributed by atoms with Crippen molar-refractivity contribution >= 4 is 16.8 Å². The van der Waals surface area contributed by atoms with Gasteiger partial charge in [0.05, 0.1) is 6.42 Å². The van der Waals surface area contributed by atoms with Gasteiger partial charge in [0.2, 0.25) is 0 Å². The van der Waals surface area contributed by atoms with Gasteiger partial charge in [-0.2, -0.15) is 0 Å². The molecule has 0 rings (SSSR count). The molecular weight excluding hydrogens is 180 g/mol. The maximum absolute atomic E-state index is 11.0. The summed E-state index contributed by atoms with van der Waals surface area (Å²) >= 11 is 0. The Hall–Kier alpha value is -0.420. The van der Waals surface area contributed by atoms with Crippen molar-refractivity contribution in [3.63, 3.8) is 0 Å². The highest BCUT2D eigenvalue weighted by atomic mass is 32.2. The monoisotopic (exact) mass is 194 g/mol. The molecule has 0 aliphatic heterocycles. The molecule has 0 saturated heterocycles. The molecule has 0 fully saturated rings. The van der Waals surface area contributed by atoms with Crippen LogP contribution in [0, 0.1) is 0 Å². The first kappa shape index (κ1) is 11.6. The van der Waals surface area contributed by atoms with Crippen molar-refractivity contribution < 1.29 is 18.8 Å². The minimum Gasteiger partial charge on any atom is -0.481 e. The van der Waals surface area contributed by atoms with Gasteiger partial charge < -0.3 is 9.84 Å². The number of aliphatic carboxylic acids is 1. The Morgan fingerprint density at radius 2 is 2.17 bits per heavy atom. The van der Waals surface area contributed by atoms with E-state index < -0.39 is 16.8 Å². The first-order valence-corrected chi connectivity index (χ1v) is 5.21. The quantitative estimate of drug-likeness (QED) is 0.590. The van der Waals surface area contributed by atoms with Crippen LogP contribution in [0.5, 0.6) is 0 Å². The zero-order valence-electron chi connectivity index (χ0n) is 7.12. The largest absolute Gasteiger partial charge is 0.481 e. The predicted molar refractivity (Wildman–Crippen MR) is 46.6 cm³/mol. The van der Waals surface area contributed by atoms with Crippen LogP contribution < -0.4 is 0 Å². The van der Waals surface area contributed by atoms with Crippen molar-refractivity contribution in [2.24, 2.45) is 0 Å². The zero-order chi connectivity index (χ0) is 9.40. The van der Waals surface area contributed by atoms with Crippen LogP contribution in [0.2, 0.25) is 0 Å². The summed E-state index contributed by atoms with van der Waals surface area (Å²) < 4.78 is 15.8. The summed E-state index contributed by atoms with van der Waals surface area (Å²) in [4.78, 5) is 10.1. The maximum Gasteiger partial charge on any atom is 0.304 e. The van der Waals surface area contributed by atoms with Crippen LogP contribution >= 0.6 is 0 Å². The van der Waals surface area contributed by atoms with Crippen LogP contribution in [-0.2, 0) is 20.3 Å². The molecule has 1 N–H and O–H groups in total. The Labute approximate surface area is 74.4 Å². The highest BCUT2D eigenvalue weighted by Crippen LogP contribution is 1.91. The van der Waals surface area contributed by atoms with Crippen molar-refractivity contribution in [2.45, 2.75) is 12.8 Å². The molecule has 0 bridgehead atoms. The average molecular weight is 194 g/mol. The van der Waals surface area contributed by atoms with Gasteiger partial charge in [-0.05, 0) is 6.42 Å². The molecule has 72 valence electrons. The topological polar surface area (TPSA) is 63.6 Å². The molecule has 1 atom stereocenters. The van der Waals surface area contributed by atoms with Crippen LogP contribution in [-0.4, -0.2) is 40.5 Å². The molecule has 5 heteroatoms. The van der Waals surface area contributed by atoms with Crippen molar-refractivity contribution in [2.75, 3.05) is 25.2 Å². The molecule has 0 aromatic carbocycles. The summed E-state index contributed by atoms with van der Waals surface area (Å²) in [6.07, 6.45) is 0.711. The second kappa shape index (κ2) is 7.24. The standard InChI is InChI=1S/C7H14O4S/c1-11-4-2-5-12(10)6-3-7(8)9/h2-6H2,1H3,(H,8,9). The molecule has 4 nitrogen and oxygen atoms in total. The summed E-state index contributed by atoms with van der Waals surface area (Å²) in [6, 6.07) is 0. The molecule has 0 heterocycles. The van der Waals surface area contributed by atoms with Crippen LogP contribution in [0.15, 0.2) is 0 Å². The number of carboxylic acid groups (broad SMARTS) is 1. The lowest BCUT2D eigenvalue weighted by atomic mass is 10.5. The first-order chi connectivity index (χ1) is 5.66. The molecule has 0 aliphatic carbocycles. The fourth-order valence-corrected chi connectivity index (χ4v) is 1.71. The Balaban J connectivity index is 3.28. The third-order valence-corrected chi connectivity index (χ3v) is 2.67. The number of ether oxygens (including phenoxy) is 1. The SMILES string of the molecule is COCCCS(=O)CCC(=O)O. The lowest BCUT2D eigenvalue weighted by Gasteiger charge is -1.99. The van der Waals surface area contributed by atoms with E-state index in [4.69, 9.17) is 9.84 Å². The second-order valence-corrected chi connectivity index (χ2v) is 4.03. The van der Waals surface area contributed by atoms with E-state index in [1.165, 1.54) is 0 Å². The normalized spacial score (nSPS) is 12.8. The lowest BCUT2D eigenvalue weighted by Crippen LogP contribution is -2.08. The molecular formula is C7H14O4S. The van der Waals surface area contributed by atoms with Gasteiger partial charge in [0.25, 0.3) is 0 Å². The molecule has 0 radical (unpaired) electrons. The van der Waals surface area contributed by atoms with Gasteiger partial charge >= 0.3 is 5.97 Å². The van der Waals surface area contributed by atoms with Crippen LogP contribution in [0.3, 0.4) is 0 Å². The number of rotatable bonds is 7. The van der Waals surface area contributed by atoms with Crippen molar-refractivity contribution in [3.05, 3.63) is 0 Å². The van der Waals surface area contributed by atoms with E-state index in [2.05, 4.69) is 0 Å². The Morgan fingerprint density at radius 1 is 1.50 bits per heavy atom. The maximum atomic E-state index is 11.0. The third kappa shape index (κ3) is 7.68. The van der Waals surface area contributed by atoms with E-state index in [0.29, 0.717) is 12.4 Å². The highest BCUT2D eigenvalue weighted by molar-refractivity contribution is 7.84. The average Bonchev–Trinajstić information content (AvgIpc) is 2.01. The number of carboxylic acids is 1. The molecule has 1 unspecified atom stereocenters. The van der Waals surface area contributed by atoms with E-state index in [1.54, 1.807) is 7.11 Å². The van der Waals surface area contributed by atoms with Gasteiger partial charge in [-0.25, -0.2) is 0 Å². The fourth-order valence-electron chi connectivity index (χ4n) is 0.667. The van der Waals surface area contributed by atoms with E-state index in [-0.39, 0.29) is 12.2 Å². The lowest BCUT2D eigenvalue weighted by molar-refractivity contribution is -0.136. The summed E-state index contributed by atoms with van der Waals surface area (Å²) in [5, 5.41) is 8.27. The summed E-state index contributed by atoms with van der Waals surface area (Å²) in [5.41, 5.74) is 0. The molecule has 12 heavy (non-hydrogen) atoms. The smallest absolute Gasteiger partial charge is 0.304 e. The summed E-state index contributed by atoms with van der Waals surface area (Å²) in [6.45, 7) is 0.582. The van der Waals surface area contributed by atoms with Gasteiger partial charge in [-0.1, -0.05) is 0 Å². The molecule has 0 aromatic rings. The zero-order valence-corrected chi connectivity index (χ0v) is 7.93. The highest BCUT2D eigenvalue weighted by Gasteiger charge is 2.02. The van der Waals surface area contributed by atoms with Gasteiger partial charge in [0, 0.05) is 36.0 Å². The Morgan fingerprint density at radius 3 is 2.67 bits per heavy atom. The number of methoxy groups -OCH3 is 1. The number of hydrogen-bond donors (Lipinski definition) is 1. The fraction of sp³-hybridized carbons (Fsp3) is 0.857. The molecule has 0 amide bonds. The predicted octanol–water partition coefficient (Wildman–Crippen LogP) is 0.246. The number of hydrogen-bond acceptors (Lipinski definition) is 3. The summed E-state index contributed by atoms with van der Waals surface area (Å²) in [5.74, 6) is -0.115. The van der Waals surface area contributed by atoms with E-state index in [0.717, 1.165) is 6.42 Å². The van der Waals surface area contributed by atoms with E-state index in [9.17, 15) is 9.00 Å². The summed E-state index contributed by atoms with van der Waals surface area (Å²) in [7, 11) is 0.581. The van der Waals surface area contributed by atoms with E-state index >= 15 is 0 Å². The van der Waals surface area contributed by atoms with Crippen LogP contribution in [0.4, 0.5) is 0 Å². The molecule has 0 saturated carbocycles. The molecule has 0 aliphatic rings. The van der Waals surface area contributed by atoms with Gasteiger partial charge in [-0.3, -0.25) is 9.00 Å². The number of carbonyl (C=O) groups is 1. The van der Waals surface area contributed by atoms with Crippen molar-refractivity contribution in [1.29, 1.82) is 0 Å². The van der Waals surface area contributed by atoms with E-state index in [1.807, 2.05) is 0 Å². The van der Waals surface area contributed by atoms with Gasteiger partial charge in [-0.15, -0.1) is 0 Å². The molecule has 0 aromatic heterocycles. The van der Waals surface area contributed by atoms with Gasteiger partial charge in [0.15, 0.2) is 0 Å². The minimum atomic E-state index is -1.00. The Bertz CT molecular complexity index is 157. The van der Waals surface area contributed by atoms with Crippen molar-refractivity contribution in [1.82, 2.24) is 0 Å². The van der Waals surface area contributed by atoms with Gasteiger partial charge in [0.1, 0.15) is 0 Å².